The van der Waals surface area contributed by atoms with Crippen molar-refractivity contribution in [3.63, 3.8) is 0 Å². The van der Waals surface area contributed by atoms with Gasteiger partial charge in [0.2, 0.25) is 0 Å². The summed E-state index contributed by atoms with van der Waals surface area (Å²) in [5.74, 6) is -1.32. The van der Waals surface area contributed by atoms with Crippen LogP contribution in [0.1, 0.15) is 20.0 Å². The van der Waals surface area contributed by atoms with Gasteiger partial charge in [0.15, 0.2) is 0 Å². The molecule has 0 radical (unpaired) electrons. The number of nitrogens with one attached hydrogen (secondary N) is 1. The third-order valence-corrected chi connectivity index (χ3v) is 4.25. The Hall–Kier alpha value is -1.48. The summed E-state index contributed by atoms with van der Waals surface area (Å²) in [6, 6.07) is 5.50. The molecule has 104 valence electrons. The second-order valence-corrected chi connectivity index (χ2v) is 5.81. The van der Waals surface area contributed by atoms with E-state index in [1.807, 2.05) is 22.6 Å². The predicted molar refractivity (Wildman–Crippen MR) is 82.7 cm³/mol. The van der Waals surface area contributed by atoms with E-state index >= 15 is 0 Å². The van der Waals surface area contributed by atoms with Crippen LogP contribution in [0.5, 0.6) is 0 Å². The molecule has 1 aromatic heterocycles. The Balaban J connectivity index is 2.24. The van der Waals surface area contributed by atoms with Crippen LogP contribution in [0.15, 0.2) is 29.6 Å². The van der Waals surface area contributed by atoms with E-state index in [9.17, 15) is 14.0 Å². The van der Waals surface area contributed by atoms with E-state index in [0.29, 0.717) is 19.7 Å². The van der Waals surface area contributed by atoms with Crippen LogP contribution < -0.4 is 5.32 Å². The monoisotopic (exact) mass is 405 g/mol. The lowest BCUT2D eigenvalue weighted by molar-refractivity contribution is 0.0607. The number of halogens is 2. The molecule has 0 saturated heterocycles. The standard InChI is InChI=1S/C13H9FINO3S/c1-19-13(18)11-10(4-5-20-11)16-12(17)8-3-2-7(14)6-9(8)15/h2-6H,1H3,(H,16,17). The van der Waals surface area contributed by atoms with Crippen molar-refractivity contribution in [3.05, 3.63) is 49.5 Å². The molecule has 0 spiro atoms. The number of benzene rings is 1. The smallest absolute Gasteiger partial charge is 0.350 e. The predicted octanol–water partition coefficient (Wildman–Crippen LogP) is 3.53. The van der Waals surface area contributed by atoms with Gasteiger partial charge in [-0.3, -0.25) is 4.79 Å². The highest BCUT2D eigenvalue weighted by atomic mass is 127. The first-order valence-electron chi connectivity index (χ1n) is 5.45. The van der Waals surface area contributed by atoms with Crippen LogP contribution in [-0.2, 0) is 4.74 Å². The molecule has 2 aromatic rings. The number of rotatable bonds is 3. The molecule has 0 bridgehead atoms. The fourth-order valence-electron chi connectivity index (χ4n) is 1.52. The van der Waals surface area contributed by atoms with E-state index in [-0.39, 0.29) is 0 Å². The van der Waals surface area contributed by atoms with Gasteiger partial charge in [-0.25, -0.2) is 9.18 Å². The molecule has 7 heteroatoms. The van der Waals surface area contributed by atoms with Crippen molar-refractivity contribution in [2.75, 3.05) is 12.4 Å². The van der Waals surface area contributed by atoms with Crippen LogP contribution in [0, 0.1) is 9.39 Å². The van der Waals surface area contributed by atoms with Crippen molar-refractivity contribution in [3.8, 4) is 0 Å². The molecule has 1 amide bonds. The number of ether oxygens (including phenoxy) is 1. The van der Waals surface area contributed by atoms with Crippen molar-refractivity contribution in [1.82, 2.24) is 0 Å². The Morgan fingerprint density at radius 1 is 1.35 bits per heavy atom. The van der Waals surface area contributed by atoms with Crippen LogP contribution in [-0.4, -0.2) is 19.0 Å². The summed E-state index contributed by atoms with van der Waals surface area (Å²) < 4.78 is 18.1. The Morgan fingerprint density at radius 2 is 2.10 bits per heavy atom. The molecule has 0 unspecified atom stereocenters. The normalized spacial score (nSPS) is 10.2. The topological polar surface area (TPSA) is 55.4 Å². The molecule has 2 rings (SSSR count). The molecular formula is C13H9FINO3S. The molecule has 1 heterocycles. The molecule has 0 fully saturated rings. The van der Waals surface area contributed by atoms with Gasteiger partial charge in [0.05, 0.1) is 18.4 Å². The average Bonchev–Trinajstić information content (AvgIpc) is 2.85. The summed E-state index contributed by atoms with van der Waals surface area (Å²) in [5.41, 5.74) is 0.723. The lowest BCUT2D eigenvalue weighted by atomic mass is 10.2. The van der Waals surface area contributed by atoms with Crippen molar-refractivity contribution < 1.29 is 18.7 Å². The van der Waals surface area contributed by atoms with E-state index < -0.39 is 17.7 Å². The number of carbonyl (C=O) groups is 2. The van der Waals surface area contributed by atoms with E-state index in [4.69, 9.17) is 0 Å². The van der Waals surface area contributed by atoms with Crippen molar-refractivity contribution in [2.24, 2.45) is 0 Å². The van der Waals surface area contributed by atoms with Crippen molar-refractivity contribution in [2.45, 2.75) is 0 Å². The maximum atomic E-state index is 13.0. The first kappa shape index (κ1) is 14.9. The van der Waals surface area contributed by atoms with Crippen molar-refractivity contribution in [1.29, 1.82) is 0 Å². The Kier molecular flexibility index (Phi) is 4.71. The molecule has 1 N–H and O–H groups in total. The maximum Gasteiger partial charge on any atom is 0.350 e. The second-order valence-electron chi connectivity index (χ2n) is 3.73. The number of hydrogen-bond acceptors (Lipinski definition) is 4. The molecule has 0 aliphatic heterocycles. The van der Waals surface area contributed by atoms with Gasteiger partial charge in [-0.2, -0.15) is 0 Å². The summed E-state index contributed by atoms with van der Waals surface area (Å²) in [5, 5.41) is 4.30. The lowest BCUT2D eigenvalue weighted by Gasteiger charge is -2.07. The van der Waals surface area contributed by atoms with Crippen LogP contribution in [0.4, 0.5) is 10.1 Å². The zero-order valence-electron chi connectivity index (χ0n) is 10.3. The minimum absolute atomic E-state index is 0.318. The fourth-order valence-corrected chi connectivity index (χ4v) is 3.01. The number of esters is 1. The van der Waals surface area contributed by atoms with Gasteiger partial charge in [-0.05, 0) is 52.2 Å². The average molecular weight is 405 g/mol. The number of carbonyl (C=O) groups excluding carboxylic acids is 2. The van der Waals surface area contributed by atoms with E-state index in [1.54, 1.807) is 11.4 Å². The maximum absolute atomic E-state index is 13.0. The zero-order chi connectivity index (χ0) is 14.7. The first-order chi connectivity index (χ1) is 9.52. The number of methoxy groups -OCH3 is 1. The van der Waals surface area contributed by atoms with Crippen LogP contribution in [0.3, 0.4) is 0 Å². The van der Waals surface area contributed by atoms with Crippen LogP contribution >= 0.6 is 33.9 Å². The Labute approximate surface area is 132 Å². The summed E-state index contributed by atoms with van der Waals surface area (Å²) >= 11 is 3.06. The molecule has 0 atom stereocenters. The summed E-state index contributed by atoms with van der Waals surface area (Å²) in [6.07, 6.45) is 0. The highest BCUT2D eigenvalue weighted by Gasteiger charge is 2.17. The number of anilines is 1. The van der Waals surface area contributed by atoms with Gasteiger partial charge in [-0.15, -0.1) is 11.3 Å². The van der Waals surface area contributed by atoms with Gasteiger partial charge in [0.25, 0.3) is 5.91 Å². The highest BCUT2D eigenvalue weighted by molar-refractivity contribution is 14.1. The van der Waals surface area contributed by atoms with Crippen LogP contribution in [0.25, 0.3) is 0 Å². The van der Waals surface area contributed by atoms with E-state index in [0.717, 1.165) is 0 Å². The molecule has 20 heavy (non-hydrogen) atoms. The summed E-state index contributed by atoms with van der Waals surface area (Å²) in [6.45, 7) is 0. The number of thiophene rings is 1. The third kappa shape index (κ3) is 3.15. The van der Waals surface area contributed by atoms with Gasteiger partial charge in [0, 0.05) is 3.57 Å². The van der Waals surface area contributed by atoms with Gasteiger partial charge < -0.3 is 10.1 Å². The number of hydrogen-bond donors (Lipinski definition) is 1. The Bertz CT molecular complexity index is 671. The molecule has 0 aliphatic rings. The van der Waals surface area contributed by atoms with Gasteiger partial charge in [0.1, 0.15) is 10.7 Å². The largest absolute Gasteiger partial charge is 0.465 e. The third-order valence-electron chi connectivity index (χ3n) is 2.46. The number of amides is 1. The van der Waals surface area contributed by atoms with E-state index in [2.05, 4.69) is 10.1 Å². The minimum Gasteiger partial charge on any atom is -0.465 e. The molecular weight excluding hydrogens is 396 g/mol. The molecule has 4 nitrogen and oxygen atoms in total. The highest BCUT2D eigenvalue weighted by Crippen LogP contribution is 2.24. The molecule has 0 saturated carbocycles. The Morgan fingerprint density at radius 3 is 2.75 bits per heavy atom. The molecule has 1 aromatic carbocycles. The summed E-state index contributed by atoms with van der Waals surface area (Å²) in [4.78, 5) is 23.9. The fraction of sp³-hybridized carbons (Fsp3) is 0.0769. The van der Waals surface area contributed by atoms with Gasteiger partial charge in [-0.1, -0.05) is 0 Å². The summed E-state index contributed by atoms with van der Waals surface area (Å²) in [7, 11) is 1.27. The lowest BCUT2D eigenvalue weighted by Crippen LogP contribution is -2.15. The second kappa shape index (κ2) is 6.31. The first-order valence-corrected chi connectivity index (χ1v) is 7.41. The quantitative estimate of drug-likeness (QED) is 0.628. The van der Waals surface area contributed by atoms with Crippen LogP contribution in [0.2, 0.25) is 0 Å². The SMILES string of the molecule is COC(=O)c1sccc1NC(=O)c1ccc(F)cc1I. The van der Waals surface area contributed by atoms with Crippen molar-refractivity contribution >= 4 is 51.5 Å². The zero-order valence-corrected chi connectivity index (χ0v) is 13.2. The minimum atomic E-state index is -0.510. The van der Waals surface area contributed by atoms with E-state index in [1.165, 1.54) is 36.6 Å². The van der Waals surface area contributed by atoms with Gasteiger partial charge >= 0.3 is 5.97 Å². The molecule has 0 aliphatic carbocycles.